The predicted molar refractivity (Wildman–Crippen MR) is 152 cm³/mol. The highest BCUT2D eigenvalue weighted by Crippen LogP contribution is 2.82. The second-order valence-electron chi connectivity index (χ2n) is 14.7. The van der Waals surface area contributed by atoms with Gasteiger partial charge in [-0.2, -0.15) is 0 Å². The van der Waals surface area contributed by atoms with E-state index in [2.05, 4.69) is 0 Å². The third-order valence-corrected chi connectivity index (χ3v) is 11.8. The highest BCUT2D eigenvalue weighted by atomic mass is 16.7. The molecule has 1 aromatic heterocycles. The van der Waals surface area contributed by atoms with Gasteiger partial charge in [0.25, 0.3) is 0 Å². The van der Waals surface area contributed by atoms with E-state index in [1.54, 1.807) is 40.7 Å². The number of hydrogen-bond acceptors (Lipinski definition) is 12. The van der Waals surface area contributed by atoms with Gasteiger partial charge < -0.3 is 38.3 Å². The molecule has 4 heterocycles. The lowest BCUT2D eigenvalue weighted by atomic mass is 9.36. The topological polar surface area (TPSA) is 168 Å². The minimum absolute atomic E-state index is 0.196. The molecule has 6 rings (SSSR count). The van der Waals surface area contributed by atoms with Crippen LogP contribution in [0.2, 0.25) is 0 Å². The van der Waals surface area contributed by atoms with Crippen LogP contribution in [0.5, 0.6) is 0 Å². The molecule has 10 unspecified atom stereocenters. The van der Waals surface area contributed by atoms with Crippen LogP contribution < -0.4 is 0 Å². The van der Waals surface area contributed by atoms with Crippen molar-refractivity contribution in [3.05, 3.63) is 35.8 Å². The summed E-state index contributed by atoms with van der Waals surface area (Å²) in [6, 6.07) is 1.70. The van der Waals surface area contributed by atoms with Gasteiger partial charge in [0.2, 0.25) is 5.79 Å². The molecule has 246 valence electrons. The van der Waals surface area contributed by atoms with E-state index in [9.17, 15) is 29.4 Å². The lowest BCUT2D eigenvalue weighted by molar-refractivity contribution is -0.385. The molecular weight excluding hydrogens is 588 g/mol. The van der Waals surface area contributed by atoms with Gasteiger partial charge in [0, 0.05) is 47.1 Å². The van der Waals surface area contributed by atoms with E-state index < -0.39 is 93.2 Å². The molecule has 5 aliphatic rings. The van der Waals surface area contributed by atoms with Crippen molar-refractivity contribution in [1.29, 1.82) is 0 Å². The summed E-state index contributed by atoms with van der Waals surface area (Å²) >= 11 is 0. The summed E-state index contributed by atoms with van der Waals surface area (Å²) in [4.78, 5) is 52.5. The Morgan fingerprint density at radius 2 is 1.78 bits per heavy atom. The largest absolute Gasteiger partial charge is 0.472 e. The Morgan fingerprint density at radius 1 is 1.09 bits per heavy atom. The summed E-state index contributed by atoms with van der Waals surface area (Å²) in [6.07, 6.45) is 0.927. The average molecular weight is 631 g/mol. The molecule has 1 aromatic rings. The number of methoxy groups -OCH3 is 1. The molecule has 2 bridgehead atoms. The van der Waals surface area contributed by atoms with Crippen molar-refractivity contribution < 1.29 is 57.5 Å². The van der Waals surface area contributed by atoms with Crippen LogP contribution in [0.3, 0.4) is 0 Å². The summed E-state index contributed by atoms with van der Waals surface area (Å²) in [5, 5.41) is 26.1. The molecule has 0 aromatic carbocycles. The zero-order valence-corrected chi connectivity index (χ0v) is 26.9. The second kappa shape index (κ2) is 9.65. The number of furan rings is 1. The van der Waals surface area contributed by atoms with Crippen LogP contribution in [0.4, 0.5) is 0 Å². The van der Waals surface area contributed by atoms with Gasteiger partial charge in [0.15, 0.2) is 11.7 Å². The zero-order valence-electron chi connectivity index (χ0n) is 26.9. The molecule has 2 N–H and O–H groups in total. The number of ether oxygens (including phenoxy) is 5. The van der Waals surface area contributed by atoms with E-state index in [0.717, 1.165) is 0 Å². The highest BCUT2D eigenvalue weighted by molar-refractivity contribution is 5.86. The average Bonchev–Trinajstić information content (AvgIpc) is 3.61. The Morgan fingerprint density at radius 3 is 2.36 bits per heavy atom. The Balaban J connectivity index is 1.67. The molecule has 10 atom stereocenters. The minimum atomic E-state index is -2.53. The molecule has 0 amide bonds. The maximum absolute atomic E-state index is 13.5. The number of hydrogen-bond donors (Lipinski definition) is 2. The predicted octanol–water partition coefficient (Wildman–Crippen LogP) is 3.15. The molecule has 1 spiro atoms. The van der Waals surface area contributed by atoms with Crippen molar-refractivity contribution in [1.82, 2.24) is 0 Å². The first kappa shape index (κ1) is 31.7. The van der Waals surface area contributed by atoms with Crippen LogP contribution in [0.1, 0.15) is 79.4 Å². The lowest BCUT2D eigenvalue weighted by Crippen LogP contribution is -2.84. The smallest absolute Gasteiger partial charge is 0.331 e. The van der Waals surface area contributed by atoms with Gasteiger partial charge in [-0.3, -0.25) is 14.4 Å². The summed E-state index contributed by atoms with van der Waals surface area (Å²) in [5.74, 6) is -7.30. The SMILES string of the molecule is COC(=O)CC1C(C)(C)C(OC(C)=O)C2(O)C(OC(=O)C(C)C)C34OC2(O)C1(C)C3CCC1(C)C4=CC(=O)OC1c1ccoc1. The van der Waals surface area contributed by atoms with Gasteiger partial charge in [-0.05, 0) is 30.4 Å². The number of rotatable bonds is 6. The zero-order chi connectivity index (χ0) is 33.1. The quantitative estimate of drug-likeness (QED) is 0.349. The van der Waals surface area contributed by atoms with Crippen molar-refractivity contribution in [2.75, 3.05) is 7.11 Å². The van der Waals surface area contributed by atoms with Crippen molar-refractivity contribution in [2.24, 2.45) is 34.0 Å². The van der Waals surface area contributed by atoms with E-state index in [1.807, 2.05) is 6.92 Å². The molecule has 0 radical (unpaired) electrons. The van der Waals surface area contributed by atoms with E-state index in [1.165, 1.54) is 32.6 Å². The first-order valence-corrected chi connectivity index (χ1v) is 15.4. The molecular formula is C33H42O12. The standard InChI is InChI=1S/C33H42O12/c1-16(2)25(37)44-27-31-19(9-11-29(6)21(31)14-23(36)43-24(29)18-10-12-41-15-18)30(7)20(13-22(35)40-8)28(4,5)26(42-17(3)34)32(27,38)33(30,39)45-31/h10,12,14-16,19-20,24,26-27,38-39H,9,11,13H2,1-8H3. The van der Waals surface area contributed by atoms with Crippen LogP contribution in [0.15, 0.2) is 34.7 Å². The summed E-state index contributed by atoms with van der Waals surface area (Å²) in [6.45, 7) is 11.6. The van der Waals surface area contributed by atoms with Crippen molar-refractivity contribution in [3.63, 3.8) is 0 Å². The number of carbonyl (C=O) groups is 4. The Hall–Kier alpha value is -3.22. The molecule has 4 fully saturated rings. The molecule has 12 heteroatoms. The Kier molecular flexibility index (Phi) is 6.81. The van der Waals surface area contributed by atoms with E-state index in [4.69, 9.17) is 28.1 Å². The van der Waals surface area contributed by atoms with Crippen molar-refractivity contribution in [3.8, 4) is 0 Å². The molecule has 45 heavy (non-hydrogen) atoms. The van der Waals surface area contributed by atoms with Crippen molar-refractivity contribution >= 4 is 23.9 Å². The van der Waals surface area contributed by atoms with Gasteiger partial charge in [0.1, 0.15) is 17.8 Å². The van der Waals surface area contributed by atoms with Crippen LogP contribution in [0, 0.1) is 34.0 Å². The number of carbonyl (C=O) groups excluding carboxylic acids is 4. The van der Waals surface area contributed by atoms with Gasteiger partial charge in [-0.25, -0.2) is 4.79 Å². The number of fused-ring (bicyclic) bond motifs is 2. The van der Waals surface area contributed by atoms with Gasteiger partial charge in [0.05, 0.1) is 25.6 Å². The van der Waals surface area contributed by atoms with Gasteiger partial charge >= 0.3 is 23.9 Å². The molecule has 2 saturated carbocycles. The van der Waals surface area contributed by atoms with Crippen molar-refractivity contribution in [2.45, 2.75) is 103 Å². The fourth-order valence-electron chi connectivity index (χ4n) is 9.97. The molecule has 2 saturated heterocycles. The first-order valence-electron chi connectivity index (χ1n) is 15.4. The third kappa shape index (κ3) is 3.64. The Labute approximate surface area is 261 Å². The van der Waals surface area contributed by atoms with Crippen LogP contribution in [-0.2, 0) is 42.9 Å². The second-order valence-corrected chi connectivity index (χ2v) is 14.7. The van der Waals surface area contributed by atoms with Crippen LogP contribution >= 0.6 is 0 Å². The van der Waals surface area contributed by atoms with E-state index in [-0.39, 0.29) is 6.42 Å². The maximum atomic E-state index is 13.5. The fraction of sp³-hybridized carbons (Fsp3) is 0.697. The summed E-state index contributed by atoms with van der Waals surface area (Å²) in [5.41, 5.74) is -6.87. The molecule has 3 aliphatic heterocycles. The maximum Gasteiger partial charge on any atom is 0.331 e. The van der Waals surface area contributed by atoms with Crippen LogP contribution in [-0.4, -0.2) is 70.4 Å². The number of aliphatic hydroxyl groups is 2. The highest BCUT2D eigenvalue weighted by Gasteiger charge is 2.96. The summed E-state index contributed by atoms with van der Waals surface area (Å²) < 4.78 is 35.2. The van der Waals surface area contributed by atoms with Gasteiger partial charge in [-0.15, -0.1) is 0 Å². The molecule has 2 aliphatic carbocycles. The number of esters is 4. The molecule has 12 nitrogen and oxygen atoms in total. The van der Waals surface area contributed by atoms with Crippen LogP contribution in [0.25, 0.3) is 0 Å². The normalized spacial score (nSPS) is 43.9. The van der Waals surface area contributed by atoms with Gasteiger partial charge in [-0.1, -0.05) is 41.5 Å². The minimum Gasteiger partial charge on any atom is -0.472 e. The van der Waals surface area contributed by atoms with E-state index >= 15 is 0 Å². The summed E-state index contributed by atoms with van der Waals surface area (Å²) in [7, 11) is 1.26. The monoisotopic (exact) mass is 630 g/mol. The van der Waals surface area contributed by atoms with E-state index in [0.29, 0.717) is 24.0 Å². The number of cyclic esters (lactones) is 1. The third-order valence-electron chi connectivity index (χ3n) is 11.8. The lowest BCUT2D eigenvalue weighted by Gasteiger charge is -2.69. The first-order chi connectivity index (χ1) is 20.9. The Bertz CT molecular complexity index is 1480. The fourth-order valence-corrected chi connectivity index (χ4v) is 9.97.